The van der Waals surface area contributed by atoms with E-state index in [2.05, 4.69) is 14.7 Å². The van der Waals surface area contributed by atoms with Crippen LogP contribution in [0.4, 0.5) is 5.69 Å². The number of anilines is 1. The van der Waals surface area contributed by atoms with Crippen molar-refractivity contribution in [3.63, 3.8) is 0 Å². The van der Waals surface area contributed by atoms with Crippen molar-refractivity contribution in [2.45, 2.75) is 32.3 Å². The Morgan fingerprint density at radius 2 is 1.96 bits per heavy atom. The van der Waals surface area contributed by atoms with E-state index in [4.69, 9.17) is 4.74 Å². The maximum absolute atomic E-state index is 12.8. The molecule has 0 aliphatic carbocycles. The Kier molecular flexibility index (Phi) is 5.13. The van der Waals surface area contributed by atoms with Crippen molar-refractivity contribution in [2.75, 3.05) is 11.3 Å². The van der Waals surface area contributed by atoms with Gasteiger partial charge in [-0.05, 0) is 32.9 Å². The van der Waals surface area contributed by atoms with Gasteiger partial charge in [0.05, 0.1) is 17.8 Å². The number of hydrogen-bond donors (Lipinski definition) is 1. The van der Waals surface area contributed by atoms with Crippen molar-refractivity contribution < 1.29 is 17.9 Å². The van der Waals surface area contributed by atoms with Crippen LogP contribution in [0.15, 0.2) is 41.6 Å². The van der Waals surface area contributed by atoms with Crippen LogP contribution in [0.25, 0.3) is 10.9 Å². The minimum Gasteiger partial charge on any atom is -0.461 e. The van der Waals surface area contributed by atoms with Crippen LogP contribution in [0.1, 0.15) is 30.2 Å². The number of imidazole rings is 1. The molecule has 1 N–H and O–H groups in total. The van der Waals surface area contributed by atoms with Gasteiger partial charge in [0.1, 0.15) is 5.82 Å². The largest absolute Gasteiger partial charge is 0.461 e. The smallest absolute Gasteiger partial charge is 0.357 e. The number of carbonyl (C=O) groups is 1. The Balaban J connectivity index is 2.08. The Labute approximate surface area is 157 Å². The summed E-state index contributed by atoms with van der Waals surface area (Å²) in [6.45, 7) is 6.14. The van der Waals surface area contributed by atoms with Gasteiger partial charge >= 0.3 is 5.97 Å². The summed E-state index contributed by atoms with van der Waals surface area (Å²) in [5.41, 5.74) is 0.756. The van der Waals surface area contributed by atoms with Crippen LogP contribution in [-0.2, 0) is 21.3 Å². The van der Waals surface area contributed by atoms with Gasteiger partial charge in [0.15, 0.2) is 10.7 Å². The highest BCUT2D eigenvalue weighted by atomic mass is 32.2. The highest BCUT2D eigenvalue weighted by Gasteiger charge is 2.22. The zero-order valence-electron chi connectivity index (χ0n) is 15.3. The van der Waals surface area contributed by atoms with E-state index in [0.29, 0.717) is 23.3 Å². The number of nitrogens with zero attached hydrogens (tertiary/aromatic N) is 3. The van der Waals surface area contributed by atoms with Crippen LogP contribution >= 0.6 is 0 Å². The summed E-state index contributed by atoms with van der Waals surface area (Å²) in [7, 11) is -3.93. The zero-order valence-corrected chi connectivity index (χ0v) is 16.1. The predicted molar refractivity (Wildman–Crippen MR) is 101 cm³/mol. The fourth-order valence-electron chi connectivity index (χ4n) is 2.70. The molecule has 2 heterocycles. The molecule has 0 aliphatic heterocycles. The Morgan fingerprint density at radius 3 is 2.63 bits per heavy atom. The van der Waals surface area contributed by atoms with E-state index >= 15 is 0 Å². The molecular weight excluding hydrogens is 368 g/mol. The standard InChI is InChI=1S/C18H20N4O4S/c1-4-22-11-17(19-12(22)3)27(24,25)21-15-10-16(18(23)26-5-2)20-14-9-7-6-8-13(14)15/h6-11H,4-5H2,1-3H3,(H,20,21). The van der Waals surface area contributed by atoms with E-state index in [1.165, 1.54) is 12.3 Å². The molecule has 9 heteroatoms. The van der Waals surface area contributed by atoms with Gasteiger partial charge in [-0.3, -0.25) is 4.72 Å². The summed E-state index contributed by atoms with van der Waals surface area (Å²) in [6.07, 6.45) is 1.48. The molecule has 27 heavy (non-hydrogen) atoms. The average molecular weight is 388 g/mol. The minimum absolute atomic E-state index is 0.0310. The maximum Gasteiger partial charge on any atom is 0.357 e. The summed E-state index contributed by atoms with van der Waals surface area (Å²) >= 11 is 0. The number of esters is 1. The predicted octanol–water partition coefficient (Wildman–Crippen LogP) is 2.74. The lowest BCUT2D eigenvalue weighted by Gasteiger charge is -2.11. The van der Waals surface area contributed by atoms with E-state index in [9.17, 15) is 13.2 Å². The molecule has 0 spiro atoms. The first-order chi connectivity index (χ1) is 12.9. The second-order valence-electron chi connectivity index (χ2n) is 5.81. The van der Waals surface area contributed by atoms with E-state index in [-0.39, 0.29) is 23.0 Å². The number of aryl methyl sites for hydroxylation is 2. The molecule has 0 saturated heterocycles. The minimum atomic E-state index is -3.93. The second kappa shape index (κ2) is 7.36. The lowest BCUT2D eigenvalue weighted by atomic mass is 10.1. The maximum atomic E-state index is 12.8. The number of nitrogens with one attached hydrogen (secondary N) is 1. The van der Waals surface area contributed by atoms with Gasteiger partial charge in [0, 0.05) is 18.1 Å². The first kappa shape index (κ1) is 18.8. The summed E-state index contributed by atoms with van der Waals surface area (Å²) in [5.74, 6) is -0.0144. The molecule has 3 aromatic rings. The summed E-state index contributed by atoms with van der Waals surface area (Å²) in [4.78, 5) is 20.5. The van der Waals surface area contributed by atoms with Crippen molar-refractivity contribution >= 4 is 32.6 Å². The number of benzene rings is 1. The van der Waals surface area contributed by atoms with E-state index in [1.807, 2.05) is 6.92 Å². The first-order valence-corrected chi connectivity index (χ1v) is 9.97. The van der Waals surface area contributed by atoms with Crippen molar-refractivity contribution in [3.8, 4) is 0 Å². The molecular formula is C18H20N4O4S. The topological polar surface area (TPSA) is 103 Å². The number of pyridine rings is 1. The van der Waals surface area contributed by atoms with E-state index in [1.54, 1.807) is 42.7 Å². The van der Waals surface area contributed by atoms with Crippen LogP contribution in [0.5, 0.6) is 0 Å². The molecule has 0 amide bonds. The van der Waals surface area contributed by atoms with Gasteiger partial charge < -0.3 is 9.30 Å². The zero-order chi connectivity index (χ0) is 19.6. The van der Waals surface area contributed by atoms with Crippen LogP contribution < -0.4 is 4.72 Å². The molecule has 1 aromatic carbocycles. The molecule has 0 atom stereocenters. The van der Waals surface area contributed by atoms with Crippen molar-refractivity contribution in [1.29, 1.82) is 0 Å². The van der Waals surface area contributed by atoms with Crippen LogP contribution in [-0.4, -0.2) is 35.5 Å². The third kappa shape index (κ3) is 3.77. The number of aromatic nitrogens is 3. The fourth-order valence-corrected chi connectivity index (χ4v) is 3.78. The number of para-hydroxylation sites is 1. The van der Waals surface area contributed by atoms with Gasteiger partial charge in [0.25, 0.3) is 10.0 Å². The van der Waals surface area contributed by atoms with Gasteiger partial charge in [-0.1, -0.05) is 18.2 Å². The molecule has 0 fully saturated rings. The molecule has 3 rings (SSSR count). The molecule has 0 radical (unpaired) electrons. The number of sulfonamides is 1. The normalized spacial score (nSPS) is 11.5. The van der Waals surface area contributed by atoms with E-state index < -0.39 is 16.0 Å². The molecule has 142 valence electrons. The first-order valence-electron chi connectivity index (χ1n) is 8.49. The number of carbonyl (C=O) groups excluding carboxylic acids is 1. The van der Waals surface area contributed by atoms with Gasteiger partial charge in [-0.25, -0.2) is 14.8 Å². The Hall–Kier alpha value is -2.94. The van der Waals surface area contributed by atoms with Gasteiger partial charge in [0.2, 0.25) is 0 Å². The number of rotatable bonds is 6. The SMILES string of the molecule is CCOC(=O)c1cc(NS(=O)(=O)c2cn(CC)c(C)n2)c2ccccc2n1. The molecule has 0 unspecified atom stereocenters. The molecule has 0 saturated carbocycles. The average Bonchev–Trinajstić information content (AvgIpc) is 3.03. The quantitative estimate of drug-likeness (QED) is 0.651. The van der Waals surface area contributed by atoms with Gasteiger partial charge in [-0.15, -0.1) is 0 Å². The highest BCUT2D eigenvalue weighted by Crippen LogP contribution is 2.26. The molecule has 8 nitrogen and oxygen atoms in total. The fraction of sp³-hybridized carbons (Fsp3) is 0.278. The highest BCUT2D eigenvalue weighted by molar-refractivity contribution is 7.92. The molecule has 0 aliphatic rings. The Bertz CT molecular complexity index is 1110. The molecule has 0 bridgehead atoms. The summed E-state index contributed by atoms with van der Waals surface area (Å²) in [5, 5.41) is 0.487. The summed E-state index contributed by atoms with van der Waals surface area (Å²) < 4.78 is 34.9. The lowest BCUT2D eigenvalue weighted by molar-refractivity contribution is 0.0520. The van der Waals surface area contributed by atoms with E-state index in [0.717, 1.165) is 0 Å². The van der Waals surface area contributed by atoms with Gasteiger partial charge in [-0.2, -0.15) is 8.42 Å². The van der Waals surface area contributed by atoms with Crippen molar-refractivity contribution in [2.24, 2.45) is 0 Å². The van der Waals surface area contributed by atoms with Crippen molar-refractivity contribution in [1.82, 2.24) is 14.5 Å². The lowest BCUT2D eigenvalue weighted by Crippen LogP contribution is -2.15. The Morgan fingerprint density at radius 1 is 1.22 bits per heavy atom. The summed E-state index contributed by atoms with van der Waals surface area (Å²) in [6, 6.07) is 8.33. The van der Waals surface area contributed by atoms with Crippen molar-refractivity contribution in [3.05, 3.63) is 48.0 Å². The molecule has 2 aromatic heterocycles. The second-order valence-corrected chi connectivity index (χ2v) is 7.44. The van der Waals surface area contributed by atoms with Crippen LogP contribution in [0.3, 0.4) is 0 Å². The third-order valence-electron chi connectivity index (χ3n) is 4.02. The van der Waals surface area contributed by atoms with Crippen LogP contribution in [0, 0.1) is 6.92 Å². The van der Waals surface area contributed by atoms with Crippen LogP contribution in [0.2, 0.25) is 0 Å². The number of ether oxygens (including phenoxy) is 1. The third-order valence-corrected chi connectivity index (χ3v) is 5.25. The number of hydrogen-bond acceptors (Lipinski definition) is 6. The number of fused-ring (bicyclic) bond motifs is 1. The monoisotopic (exact) mass is 388 g/mol.